The topological polar surface area (TPSA) is 46.5 Å². The van der Waals surface area contributed by atoms with Crippen LogP contribution < -0.4 is 4.74 Å². The van der Waals surface area contributed by atoms with E-state index < -0.39 is 12.1 Å². The van der Waals surface area contributed by atoms with Crippen molar-refractivity contribution in [3.8, 4) is 5.75 Å². The number of allylic oxidation sites excluding steroid dienone is 1. The van der Waals surface area contributed by atoms with Crippen LogP contribution in [0.4, 0.5) is 0 Å². The minimum atomic E-state index is -0.934. The van der Waals surface area contributed by atoms with Gasteiger partial charge in [-0.3, -0.25) is 0 Å². The van der Waals surface area contributed by atoms with E-state index in [2.05, 4.69) is 6.58 Å². The second-order valence-corrected chi connectivity index (χ2v) is 3.45. The summed E-state index contributed by atoms with van der Waals surface area (Å²) in [6, 6.07) is 7.42. The molecule has 16 heavy (non-hydrogen) atoms. The van der Waals surface area contributed by atoms with Crippen molar-refractivity contribution >= 4 is 5.97 Å². The molecule has 1 atom stereocenters. The van der Waals surface area contributed by atoms with Crippen molar-refractivity contribution in [2.75, 3.05) is 0 Å². The molecule has 0 aliphatic rings. The monoisotopic (exact) mass is 220 g/mol. The van der Waals surface area contributed by atoms with E-state index in [1.807, 2.05) is 18.2 Å². The van der Waals surface area contributed by atoms with Gasteiger partial charge in [-0.1, -0.05) is 31.2 Å². The van der Waals surface area contributed by atoms with E-state index in [0.29, 0.717) is 18.6 Å². The quantitative estimate of drug-likeness (QED) is 0.750. The van der Waals surface area contributed by atoms with Crippen LogP contribution in [0, 0.1) is 0 Å². The van der Waals surface area contributed by atoms with E-state index in [0.717, 1.165) is 5.56 Å². The molecule has 0 aromatic heterocycles. The Morgan fingerprint density at radius 3 is 2.81 bits per heavy atom. The molecule has 0 radical (unpaired) electrons. The summed E-state index contributed by atoms with van der Waals surface area (Å²) in [6.07, 6.45) is 2.10. The second kappa shape index (κ2) is 5.95. The van der Waals surface area contributed by atoms with Crippen LogP contribution in [0.25, 0.3) is 0 Å². The molecule has 0 saturated heterocycles. The predicted octanol–water partition coefficient (Wildman–Crippen LogP) is 2.66. The molecule has 1 aromatic carbocycles. The number of carbonyl (C=O) groups is 1. The maximum atomic E-state index is 10.9. The van der Waals surface area contributed by atoms with Gasteiger partial charge in [-0.05, 0) is 24.5 Å². The number of hydrogen-bond acceptors (Lipinski definition) is 2. The highest BCUT2D eigenvalue weighted by Crippen LogP contribution is 2.20. The fourth-order valence-electron chi connectivity index (χ4n) is 1.40. The maximum absolute atomic E-state index is 10.9. The standard InChI is InChI=1S/C13H16O3/c1-3-7-10-8-5-6-9-12(10)16-11(4-2)13(14)15/h3,5-6,8-9,11H,1,4,7H2,2H3,(H,14,15). The molecule has 0 aliphatic carbocycles. The van der Waals surface area contributed by atoms with E-state index in [1.54, 1.807) is 19.1 Å². The Bertz CT molecular complexity index is 371. The largest absolute Gasteiger partial charge is 0.479 e. The Labute approximate surface area is 95.4 Å². The van der Waals surface area contributed by atoms with Crippen LogP contribution >= 0.6 is 0 Å². The lowest BCUT2D eigenvalue weighted by atomic mass is 10.1. The number of carboxylic acid groups (broad SMARTS) is 1. The molecule has 3 heteroatoms. The van der Waals surface area contributed by atoms with Crippen LogP contribution in [-0.2, 0) is 11.2 Å². The molecule has 0 bridgehead atoms. The Kier molecular flexibility index (Phi) is 4.58. The van der Waals surface area contributed by atoms with Crippen LogP contribution in [0.1, 0.15) is 18.9 Å². The normalized spacial score (nSPS) is 11.8. The molecule has 1 rings (SSSR count). The summed E-state index contributed by atoms with van der Waals surface area (Å²) in [5.74, 6) is -0.312. The van der Waals surface area contributed by atoms with E-state index in [9.17, 15) is 4.79 Å². The first-order valence-corrected chi connectivity index (χ1v) is 5.27. The average Bonchev–Trinajstić information content (AvgIpc) is 2.27. The van der Waals surface area contributed by atoms with E-state index in [-0.39, 0.29) is 0 Å². The highest BCUT2D eigenvalue weighted by atomic mass is 16.5. The number of aliphatic carboxylic acids is 1. The SMILES string of the molecule is C=CCc1ccccc1OC(CC)C(=O)O. The second-order valence-electron chi connectivity index (χ2n) is 3.45. The lowest BCUT2D eigenvalue weighted by Crippen LogP contribution is -2.26. The lowest BCUT2D eigenvalue weighted by Gasteiger charge is -2.15. The third-order valence-corrected chi connectivity index (χ3v) is 2.25. The van der Waals surface area contributed by atoms with Crippen molar-refractivity contribution in [2.45, 2.75) is 25.9 Å². The molecule has 3 nitrogen and oxygen atoms in total. The maximum Gasteiger partial charge on any atom is 0.344 e. The average molecular weight is 220 g/mol. The van der Waals surface area contributed by atoms with Gasteiger partial charge in [0.1, 0.15) is 5.75 Å². The number of carboxylic acids is 1. The van der Waals surface area contributed by atoms with Crippen molar-refractivity contribution in [1.82, 2.24) is 0 Å². The predicted molar refractivity (Wildman–Crippen MR) is 62.7 cm³/mol. The summed E-state index contributed by atoms with van der Waals surface area (Å²) < 4.78 is 5.46. The molecule has 0 fully saturated rings. The van der Waals surface area contributed by atoms with Crippen molar-refractivity contribution < 1.29 is 14.6 Å². The highest BCUT2D eigenvalue weighted by molar-refractivity contribution is 5.72. The van der Waals surface area contributed by atoms with E-state index in [1.165, 1.54) is 0 Å². The molecule has 0 heterocycles. The molecular weight excluding hydrogens is 204 g/mol. The summed E-state index contributed by atoms with van der Waals surface area (Å²) in [5, 5.41) is 8.91. The molecule has 1 unspecified atom stereocenters. The fraction of sp³-hybridized carbons (Fsp3) is 0.308. The van der Waals surface area contributed by atoms with Crippen molar-refractivity contribution in [2.24, 2.45) is 0 Å². The smallest absolute Gasteiger partial charge is 0.344 e. The molecular formula is C13H16O3. The summed E-state index contributed by atoms with van der Waals surface area (Å²) in [5.41, 5.74) is 0.956. The zero-order chi connectivity index (χ0) is 12.0. The summed E-state index contributed by atoms with van der Waals surface area (Å²) >= 11 is 0. The molecule has 0 spiro atoms. The number of rotatable bonds is 6. The minimum Gasteiger partial charge on any atom is -0.479 e. The van der Waals surface area contributed by atoms with Gasteiger partial charge in [0.25, 0.3) is 0 Å². The zero-order valence-corrected chi connectivity index (χ0v) is 9.35. The highest BCUT2D eigenvalue weighted by Gasteiger charge is 2.17. The Morgan fingerprint density at radius 1 is 1.56 bits per heavy atom. The lowest BCUT2D eigenvalue weighted by molar-refractivity contribution is -0.145. The van der Waals surface area contributed by atoms with Crippen LogP contribution in [-0.4, -0.2) is 17.2 Å². The van der Waals surface area contributed by atoms with Crippen molar-refractivity contribution in [3.05, 3.63) is 42.5 Å². The first-order chi connectivity index (χ1) is 7.69. The summed E-state index contributed by atoms with van der Waals surface area (Å²) in [4.78, 5) is 10.9. The van der Waals surface area contributed by atoms with Crippen molar-refractivity contribution in [1.29, 1.82) is 0 Å². The number of hydrogen-bond donors (Lipinski definition) is 1. The Balaban J connectivity index is 2.86. The van der Waals surface area contributed by atoms with Crippen molar-refractivity contribution in [3.63, 3.8) is 0 Å². The number of benzene rings is 1. The molecule has 0 amide bonds. The van der Waals surface area contributed by atoms with Gasteiger partial charge in [0, 0.05) is 0 Å². The van der Waals surface area contributed by atoms with Gasteiger partial charge in [-0.25, -0.2) is 4.79 Å². The van der Waals surface area contributed by atoms with Gasteiger partial charge in [0.05, 0.1) is 0 Å². The van der Waals surface area contributed by atoms with Gasteiger partial charge in [-0.15, -0.1) is 6.58 Å². The van der Waals surface area contributed by atoms with E-state index in [4.69, 9.17) is 9.84 Å². The van der Waals surface area contributed by atoms with Gasteiger partial charge < -0.3 is 9.84 Å². The van der Waals surface area contributed by atoms with Gasteiger partial charge in [-0.2, -0.15) is 0 Å². The summed E-state index contributed by atoms with van der Waals surface area (Å²) in [6.45, 7) is 5.45. The minimum absolute atomic E-state index is 0.442. The number of para-hydroxylation sites is 1. The fourth-order valence-corrected chi connectivity index (χ4v) is 1.40. The first-order valence-electron chi connectivity index (χ1n) is 5.27. The molecule has 86 valence electrons. The first kappa shape index (κ1) is 12.3. The van der Waals surface area contributed by atoms with Crippen LogP contribution in [0.15, 0.2) is 36.9 Å². The molecule has 0 aliphatic heterocycles. The third-order valence-electron chi connectivity index (χ3n) is 2.25. The van der Waals surface area contributed by atoms with Gasteiger partial charge in [0.2, 0.25) is 0 Å². The van der Waals surface area contributed by atoms with Gasteiger partial charge >= 0.3 is 5.97 Å². The molecule has 1 N–H and O–H groups in total. The van der Waals surface area contributed by atoms with Gasteiger partial charge in [0.15, 0.2) is 6.10 Å². The van der Waals surface area contributed by atoms with Crippen LogP contribution in [0.2, 0.25) is 0 Å². The summed E-state index contributed by atoms with van der Waals surface area (Å²) in [7, 11) is 0. The zero-order valence-electron chi connectivity index (χ0n) is 9.35. The Hall–Kier alpha value is -1.77. The molecule has 1 aromatic rings. The Morgan fingerprint density at radius 2 is 2.25 bits per heavy atom. The third kappa shape index (κ3) is 3.12. The van der Waals surface area contributed by atoms with E-state index >= 15 is 0 Å². The van der Waals surface area contributed by atoms with Crippen LogP contribution in [0.5, 0.6) is 5.75 Å². The number of ether oxygens (including phenoxy) is 1. The molecule has 0 saturated carbocycles. The van der Waals surface area contributed by atoms with Crippen LogP contribution in [0.3, 0.4) is 0 Å².